The molecule has 9 nitrogen and oxygen atoms in total. The fourth-order valence-electron chi connectivity index (χ4n) is 3.62. The molecule has 0 bridgehead atoms. The van der Waals surface area contributed by atoms with Gasteiger partial charge in [0.1, 0.15) is 29.5 Å². The van der Waals surface area contributed by atoms with E-state index in [4.69, 9.17) is 20.5 Å². The number of hydrogen-bond donors (Lipinski definition) is 3. The first-order chi connectivity index (χ1) is 15.2. The van der Waals surface area contributed by atoms with Crippen LogP contribution in [0.1, 0.15) is 37.8 Å². The lowest BCUT2D eigenvalue weighted by molar-refractivity contribution is 0.0990. The summed E-state index contributed by atoms with van der Waals surface area (Å²) in [5.74, 6) is 2.60. The molecule has 0 atom stereocenters. The maximum atomic E-state index is 8.86. The molecule has 4 N–H and O–H groups in total. The Labute approximate surface area is 179 Å². The van der Waals surface area contributed by atoms with E-state index in [1.54, 1.807) is 0 Å². The molecule has 9 heteroatoms. The van der Waals surface area contributed by atoms with Crippen LogP contribution in [0.3, 0.4) is 0 Å². The van der Waals surface area contributed by atoms with Crippen LogP contribution in [0.2, 0.25) is 0 Å². The Bertz CT molecular complexity index is 1100. The number of H-pyrrole nitrogens is 1. The van der Waals surface area contributed by atoms with Gasteiger partial charge in [0.15, 0.2) is 11.5 Å². The third-order valence-electron chi connectivity index (χ3n) is 5.63. The summed E-state index contributed by atoms with van der Waals surface area (Å²) in [5.41, 5.74) is 7.81. The highest BCUT2D eigenvalue weighted by molar-refractivity contribution is 5.76. The first-order valence-electron chi connectivity index (χ1n) is 10.4. The highest BCUT2D eigenvalue weighted by Crippen LogP contribution is 2.42. The van der Waals surface area contributed by atoms with Crippen molar-refractivity contribution in [1.29, 1.82) is 5.26 Å². The Morgan fingerprint density at radius 3 is 2.45 bits per heavy atom. The van der Waals surface area contributed by atoms with E-state index in [9.17, 15) is 0 Å². The maximum Gasteiger partial charge on any atom is 0.158 e. The van der Waals surface area contributed by atoms with Crippen molar-refractivity contribution in [2.45, 2.75) is 50.4 Å². The molecule has 158 valence electrons. The first-order valence-corrected chi connectivity index (χ1v) is 10.4. The van der Waals surface area contributed by atoms with E-state index < -0.39 is 0 Å². The number of nitriles is 1. The van der Waals surface area contributed by atoms with E-state index in [1.165, 1.54) is 18.8 Å². The summed E-state index contributed by atoms with van der Waals surface area (Å²) in [7, 11) is 0. The van der Waals surface area contributed by atoms with Crippen LogP contribution >= 0.6 is 0 Å². The van der Waals surface area contributed by atoms with Gasteiger partial charge < -0.3 is 20.5 Å². The third-order valence-corrected chi connectivity index (χ3v) is 5.63. The van der Waals surface area contributed by atoms with Crippen LogP contribution in [0.25, 0.3) is 11.3 Å². The van der Waals surface area contributed by atoms with Crippen molar-refractivity contribution in [3.63, 3.8) is 0 Å². The van der Waals surface area contributed by atoms with Gasteiger partial charge in [0, 0.05) is 12.1 Å². The monoisotopic (exact) mass is 417 g/mol. The molecule has 2 heterocycles. The van der Waals surface area contributed by atoms with Crippen LogP contribution in [0, 0.1) is 11.3 Å². The molecule has 5 rings (SSSR count). The van der Waals surface area contributed by atoms with Crippen molar-refractivity contribution in [2.75, 3.05) is 5.32 Å². The number of nitrogens with two attached hydrogens (primary N) is 1. The highest BCUT2D eigenvalue weighted by Gasteiger charge is 2.30. The molecule has 1 aromatic carbocycles. The SMILES string of the molecule is N#Cc1cnc(Nc2cc(-c3c(OC4CCC4)cccc3O[C@H]3C[C@H](N)C3)[nH]n2)cn1. The number of ether oxygens (including phenoxy) is 2. The topological polar surface area (TPSA) is 135 Å². The number of hydrogen-bond acceptors (Lipinski definition) is 8. The smallest absolute Gasteiger partial charge is 0.158 e. The standard InChI is InChI=1S/C22H23N7O2/c23-10-14-11-26-21(12-25-14)27-20-9-17(28-29-20)22-18(30-15-3-1-4-15)5-2-6-19(22)31-16-7-13(24)8-16/h2,5-6,9,11-13,15-16H,1,3-4,7-8,24H2,(H2,26,27,28,29)/t13-,16-. The first kappa shape index (κ1) is 19.3. The summed E-state index contributed by atoms with van der Waals surface area (Å²) in [6.07, 6.45) is 8.27. The van der Waals surface area contributed by atoms with Gasteiger partial charge in [-0.05, 0) is 44.2 Å². The fraction of sp³-hybridized carbons (Fsp3) is 0.364. The highest BCUT2D eigenvalue weighted by atomic mass is 16.5. The van der Waals surface area contributed by atoms with E-state index in [0.29, 0.717) is 11.6 Å². The van der Waals surface area contributed by atoms with Crippen LogP contribution in [0.15, 0.2) is 36.7 Å². The summed E-state index contributed by atoms with van der Waals surface area (Å²) in [5, 5.41) is 19.4. The summed E-state index contributed by atoms with van der Waals surface area (Å²) < 4.78 is 12.5. The second-order valence-corrected chi connectivity index (χ2v) is 7.96. The maximum absolute atomic E-state index is 8.86. The Balaban J connectivity index is 1.42. The molecule has 2 aromatic heterocycles. The number of benzene rings is 1. The van der Waals surface area contributed by atoms with Crippen LogP contribution < -0.4 is 20.5 Å². The van der Waals surface area contributed by atoms with Crippen molar-refractivity contribution in [1.82, 2.24) is 20.2 Å². The van der Waals surface area contributed by atoms with Crippen molar-refractivity contribution >= 4 is 11.6 Å². The quantitative estimate of drug-likeness (QED) is 0.533. The molecule has 0 amide bonds. The molecule has 0 radical (unpaired) electrons. The average Bonchev–Trinajstić information content (AvgIpc) is 3.18. The Morgan fingerprint density at radius 1 is 1.06 bits per heavy atom. The van der Waals surface area contributed by atoms with E-state index in [0.717, 1.165) is 48.4 Å². The Kier molecular flexibility index (Phi) is 5.14. The molecule has 2 aliphatic carbocycles. The normalized spacial score (nSPS) is 20.3. The minimum Gasteiger partial charge on any atom is -0.490 e. The number of aromatic nitrogens is 4. The number of nitrogens with zero attached hydrogens (tertiary/aromatic N) is 4. The fourth-order valence-corrected chi connectivity index (χ4v) is 3.62. The van der Waals surface area contributed by atoms with Crippen molar-refractivity contribution in [3.05, 3.63) is 42.4 Å². The molecule has 2 fully saturated rings. The Hall–Kier alpha value is -3.64. The summed E-state index contributed by atoms with van der Waals surface area (Å²) >= 11 is 0. The van der Waals surface area contributed by atoms with E-state index in [2.05, 4.69) is 25.5 Å². The zero-order valence-corrected chi connectivity index (χ0v) is 16.9. The minimum absolute atomic E-state index is 0.113. The molecular weight excluding hydrogens is 394 g/mol. The lowest BCUT2D eigenvalue weighted by Crippen LogP contribution is -2.43. The van der Waals surface area contributed by atoms with Crippen LogP contribution in [0.5, 0.6) is 11.5 Å². The molecule has 0 unspecified atom stereocenters. The number of rotatable bonds is 7. The second-order valence-electron chi connectivity index (χ2n) is 7.96. The van der Waals surface area contributed by atoms with Gasteiger partial charge in [0.25, 0.3) is 0 Å². The van der Waals surface area contributed by atoms with Gasteiger partial charge in [-0.1, -0.05) is 6.07 Å². The third kappa shape index (κ3) is 4.15. The van der Waals surface area contributed by atoms with Crippen LogP contribution in [-0.2, 0) is 0 Å². The summed E-state index contributed by atoms with van der Waals surface area (Å²) in [6.45, 7) is 0. The van der Waals surface area contributed by atoms with Gasteiger partial charge in [0.2, 0.25) is 0 Å². The molecule has 0 saturated heterocycles. The summed E-state index contributed by atoms with van der Waals surface area (Å²) in [6, 6.07) is 9.90. The van der Waals surface area contributed by atoms with Crippen molar-refractivity contribution in [2.24, 2.45) is 5.73 Å². The van der Waals surface area contributed by atoms with Gasteiger partial charge in [-0.3, -0.25) is 5.10 Å². The lowest BCUT2D eigenvalue weighted by atomic mass is 9.90. The van der Waals surface area contributed by atoms with E-state index in [1.807, 2.05) is 30.3 Å². The Morgan fingerprint density at radius 2 is 1.84 bits per heavy atom. The molecule has 31 heavy (non-hydrogen) atoms. The van der Waals surface area contributed by atoms with E-state index >= 15 is 0 Å². The van der Waals surface area contributed by atoms with Crippen LogP contribution in [0.4, 0.5) is 11.6 Å². The number of anilines is 2. The van der Waals surface area contributed by atoms with Gasteiger partial charge in [0.05, 0.1) is 29.8 Å². The lowest BCUT2D eigenvalue weighted by Gasteiger charge is -2.33. The largest absolute Gasteiger partial charge is 0.490 e. The second kappa shape index (κ2) is 8.24. The number of aromatic amines is 1. The zero-order chi connectivity index (χ0) is 21.2. The summed E-state index contributed by atoms with van der Waals surface area (Å²) in [4.78, 5) is 8.19. The van der Waals surface area contributed by atoms with Crippen molar-refractivity contribution < 1.29 is 9.47 Å². The van der Waals surface area contributed by atoms with E-state index in [-0.39, 0.29) is 23.9 Å². The predicted octanol–water partition coefficient (Wildman–Crippen LogP) is 3.28. The molecular formula is C22H23N7O2. The number of nitrogens with one attached hydrogen (secondary N) is 2. The minimum atomic E-state index is 0.113. The molecule has 2 aliphatic rings. The molecule has 3 aromatic rings. The van der Waals surface area contributed by atoms with Gasteiger partial charge in [-0.2, -0.15) is 10.4 Å². The zero-order valence-electron chi connectivity index (χ0n) is 16.9. The molecule has 2 saturated carbocycles. The average molecular weight is 417 g/mol. The van der Waals surface area contributed by atoms with Crippen molar-refractivity contribution in [3.8, 4) is 28.8 Å². The van der Waals surface area contributed by atoms with Gasteiger partial charge >= 0.3 is 0 Å². The predicted molar refractivity (Wildman–Crippen MR) is 114 cm³/mol. The molecule has 0 aliphatic heterocycles. The van der Waals surface area contributed by atoms with Gasteiger partial charge in [-0.15, -0.1) is 0 Å². The molecule has 0 spiro atoms. The van der Waals surface area contributed by atoms with Gasteiger partial charge in [-0.25, -0.2) is 9.97 Å². The van der Waals surface area contributed by atoms with Crippen LogP contribution in [-0.4, -0.2) is 38.4 Å².